The Labute approximate surface area is 192 Å². The Kier molecular flexibility index (Phi) is 6.48. The molecule has 9 heteroatoms. The number of benzene rings is 3. The maximum atomic E-state index is 12.4. The third kappa shape index (κ3) is 5.13. The predicted octanol–water partition coefficient (Wildman–Crippen LogP) is 5.40. The zero-order valence-electron chi connectivity index (χ0n) is 16.8. The van der Waals surface area contributed by atoms with Crippen LogP contribution in [0.5, 0.6) is 0 Å². The van der Waals surface area contributed by atoms with Gasteiger partial charge in [0.2, 0.25) is 0 Å². The number of amides is 1. The third-order valence-corrected chi connectivity index (χ3v) is 6.86. The Morgan fingerprint density at radius 1 is 1.00 bits per heavy atom. The number of aromatic nitrogens is 1. The average Bonchev–Trinajstić information content (AvgIpc) is 3.24. The quantitative estimate of drug-likeness (QED) is 0.207. The number of fused-ring (bicyclic) bond motifs is 1. The highest BCUT2D eigenvalue weighted by molar-refractivity contribution is 8.00. The van der Waals surface area contributed by atoms with Crippen LogP contribution < -0.4 is 10.9 Å². The molecule has 4 aromatic rings. The molecule has 0 aliphatic rings. The molecule has 0 aliphatic heterocycles. The molecule has 0 unspecified atom stereocenters. The predicted molar refractivity (Wildman–Crippen MR) is 128 cm³/mol. The van der Waals surface area contributed by atoms with E-state index < -0.39 is 4.92 Å². The van der Waals surface area contributed by atoms with Gasteiger partial charge in [0, 0.05) is 23.4 Å². The number of rotatable bonds is 8. The zero-order chi connectivity index (χ0) is 22.5. The van der Waals surface area contributed by atoms with Crippen LogP contribution in [-0.4, -0.2) is 15.8 Å². The van der Waals surface area contributed by atoms with Crippen LogP contribution in [0.3, 0.4) is 0 Å². The van der Waals surface area contributed by atoms with Crippen molar-refractivity contribution in [3.63, 3.8) is 0 Å². The second kappa shape index (κ2) is 9.63. The normalized spacial score (nSPS) is 10.6. The molecule has 0 atom stereocenters. The lowest BCUT2D eigenvalue weighted by atomic mass is 10.1. The summed E-state index contributed by atoms with van der Waals surface area (Å²) in [6, 6.07) is 21.3. The number of nitro benzene ring substituents is 1. The molecule has 32 heavy (non-hydrogen) atoms. The zero-order valence-corrected chi connectivity index (χ0v) is 18.4. The topological polar surface area (TPSA) is 97.2 Å². The SMILES string of the molecule is C=C(NNC(=O)c1ccc(CSc2nc3ccccc3s2)cc1)c1ccc([N+](=O)[O-])cc1. The first kappa shape index (κ1) is 21.5. The molecule has 0 radical (unpaired) electrons. The van der Waals surface area contributed by atoms with Crippen molar-refractivity contribution >= 4 is 50.6 Å². The summed E-state index contributed by atoms with van der Waals surface area (Å²) < 4.78 is 2.19. The van der Waals surface area contributed by atoms with E-state index in [9.17, 15) is 14.9 Å². The van der Waals surface area contributed by atoms with Gasteiger partial charge in [-0.25, -0.2) is 4.98 Å². The highest BCUT2D eigenvalue weighted by Gasteiger charge is 2.09. The number of nitro groups is 1. The molecule has 1 heterocycles. The molecule has 1 aromatic heterocycles. The van der Waals surface area contributed by atoms with Gasteiger partial charge in [0.25, 0.3) is 11.6 Å². The van der Waals surface area contributed by atoms with Gasteiger partial charge in [0.1, 0.15) is 0 Å². The lowest BCUT2D eigenvalue weighted by molar-refractivity contribution is -0.384. The number of non-ortho nitro benzene ring substituents is 1. The smallest absolute Gasteiger partial charge is 0.269 e. The summed E-state index contributed by atoms with van der Waals surface area (Å²) in [6.07, 6.45) is 0. The van der Waals surface area contributed by atoms with Crippen LogP contribution in [0.15, 0.2) is 83.7 Å². The summed E-state index contributed by atoms with van der Waals surface area (Å²) >= 11 is 3.34. The molecule has 0 bridgehead atoms. The first-order chi connectivity index (χ1) is 15.5. The summed E-state index contributed by atoms with van der Waals surface area (Å²) in [5.41, 5.74) is 9.00. The molecule has 0 spiro atoms. The molecular formula is C23H18N4O3S2. The van der Waals surface area contributed by atoms with Gasteiger partial charge in [-0.2, -0.15) is 0 Å². The molecule has 160 valence electrons. The van der Waals surface area contributed by atoms with Crippen molar-refractivity contribution in [1.29, 1.82) is 0 Å². The van der Waals surface area contributed by atoms with Crippen molar-refractivity contribution in [2.24, 2.45) is 0 Å². The highest BCUT2D eigenvalue weighted by atomic mass is 32.2. The van der Waals surface area contributed by atoms with Crippen LogP contribution >= 0.6 is 23.1 Å². The molecule has 0 aliphatic carbocycles. The molecule has 3 aromatic carbocycles. The lowest BCUT2D eigenvalue weighted by Crippen LogP contribution is -2.35. The van der Waals surface area contributed by atoms with Gasteiger partial charge in [-0.05, 0) is 47.5 Å². The standard InChI is InChI=1S/C23H18N4O3S2/c1-15(17-10-12-19(13-11-17)27(29)30)25-26-22(28)18-8-6-16(7-9-18)14-31-23-24-20-4-2-3-5-21(20)32-23/h2-13,25H,1,14H2,(H,26,28). The Balaban J connectivity index is 1.29. The van der Waals surface area contributed by atoms with Crippen LogP contribution in [-0.2, 0) is 5.75 Å². The van der Waals surface area contributed by atoms with E-state index in [0.29, 0.717) is 16.8 Å². The van der Waals surface area contributed by atoms with Crippen molar-refractivity contribution in [3.8, 4) is 0 Å². The number of para-hydroxylation sites is 1. The van der Waals surface area contributed by atoms with Crippen LogP contribution in [0.1, 0.15) is 21.5 Å². The Morgan fingerprint density at radius 2 is 1.69 bits per heavy atom. The largest absolute Gasteiger partial charge is 0.298 e. The molecular weight excluding hydrogens is 444 g/mol. The molecule has 2 N–H and O–H groups in total. The minimum Gasteiger partial charge on any atom is -0.298 e. The van der Waals surface area contributed by atoms with Gasteiger partial charge in [-0.3, -0.25) is 25.8 Å². The van der Waals surface area contributed by atoms with E-state index in [1.807, 2.05) is 30.3 Å². The first-order valence-corrected chi connectivity index (χ1v) is 11.4. The summed E-state index contributed by atoms with van der Waals surface area (Å²) in [6.45, 7) is 3.84. The van der Waals surface area contributed by atoms with Crippen LogP contribution in [0.25, 0.3) is 15.9 Å². The Morgan fingerprint density at radius 3 is 2.38 bits per heavy atom. The molecule has 0 fully saturated rings. The number of carbonyl (C=O) groups is 1. The van der Waals surface area contributed by atoms with Crippen LogP contribution in [0.4, 0.5) is 5.69 Å². The number of hydrogen-bond acceptors (Lipinski definition) is 7. The summed E-state index contributed by atoms with van der Waals surface area (Å²) in [5, 5.41) is 10.7. The van der Waals surface area contributed by atoms with Gasteiger partial charge in [0.15, 0.2) is 4.34 Å². The monoisotopic (exact) mass is 462 g/mol. The van der Waals surface area contributed by atoms with Gasteiger partial charge < -0.3 is 0 Å². The lowest BCUT2D eigenvalue weighted by Gasteiger charge is -2.11. The molecule has 0 saturated carbocycles. The van der Waals surface area contributed by atoms with E-state index in [-0.39, 0.29) is 11.6 Å². The summed E-state index contributed by atoms with van der Waals surface area (Å²) in [5.74, 6) is 0.454. The molecule has 4 rings (SSSR count). The number of hydrogen-bond donors (Lipinski definition) is 2. The van der Waals surface area contributed by atoms with Crippen LogP contribution in [0.2, 0.25) is 0 Å². The van der Waals surface area contributed by atoms with Crippen LogP contribution in [0, 0.1) is 10.1 Å². The number of hydrazine groups is 1. The number of nitrogens with one attached hydrogen (secondary N) is 2. The maximum Gasteiger partial charge on any atom is 0.269 e. The third-order valence-electron chi connectivity index (χ3n) is 4.61. The van der Waals surface area contributed by atoms with Crippen molar-refractivity contribution in [1.82, 2.24) is 15.8 Å². The number of thioether (sulfide) groups is 1. The second-order valence-corrected chi connectivity index (χ2v) is 9.05. The van der Waals surface area contributed by atoms with Gasteiger partial charge in [-0.15, -0.1) is 11.3 Å². The Hall–Kier alpha value is -3.69. The molecule has 1 amide bonds. The minimum absolute atomic E-state index is 0.00743. The van der Waals surface area contributed by atoms with Crippen molar-refractivity contribution in [2.45, 2.75) is 10.1 Å². The number of carbonyl (C=O) groups excluding carboxylic acids is 1. The van der Waals surface area contributed by atoms with Gasteiger partial charge >= 0.3 is 0 Å². The first-order valence-electron chi connectivity index (χ1n) is 9.57. The van der Waals surface area contributed by atoms with Crippen molar-refractivity contribution in [2.75, 3.05) is 0 Å². The van der Waals surface area contributed by atoms with Crippen molar-refractivity contribution in [3.05, 3.63) is 106 Å². The minimum atomic E-state index is -0.469. The van der Waals surface area contributed by atoms with E-state index >= 15 is 0 Å². The number of nitrogens with zero attached hydrogens (tertiary/aromatic N) is 2. The molecule has 7 nitrogen and oxygen atoms in total. The Bertz CT molecular complexity index is 1250. The average molecular weight is 463 g/mol. The second-order valence-electron chi connectivity index (χ2n) is 6.79. The van der Waals surface area contributed by atoms with E-state index in [2.05, 4.69) is 28.5 Å². The molecule has 0 saturated heterocycles. The highest BCUT2D eigenvalue weighted by Crippen LogP contribution is 2.31. The van der Waals surface area contributed by atoms with Crippen molar-refractivity contribution < 1.29 is 9.72 Å². The fourth-order valence-corrected chi connectivity index (χ4v) is 4.90. The number of thiazole rings is 1. The summed E-state index contributed by atoms with van der Waals surface area (Å²) in [4.78, 5) is 27.3. The van der Waals surface area contributed by atoms with Gasteiger partial charge in [-0.1, -0.05) is 42.6 Å². The fourth-order valence-electron chi connectivity index (χ4n) is 2.87. The van der Waals surface area contributed by atoms with E-state index in [4.69, 9.17) is 0 Å². The van der Waals surface area contributed by atoms with E-state index in [0.717, 1.165) is 21.2 Å². The van der Waals surface area contributed by atoms with E-state index in [1.165, 1.54) is 16.8 Å². The van der Waals surface area contributed by atoms with E-state index in [1.54, 1.807) is 47.4 Å². The van der Waals surface area contributed by atoms with Gasteiger partial charge in [0.05, 0.1) is 20.8 Å². The maximum absolute atomic E-state index is 12.4. The summed E-state index contributed by atoms with van der Waals surface area (Å²) in [7, 11) is 0. The fraction of sp³-hybridized carbons (Fsp3) is 0.0435.